The minimum absolute atomic E-state index is 0.226. The highest BCUT2D eigenvalue weighted by Gasteiger charge is 2.03. The summed E-state index contributed by atoms with van der Waals surface area (Å²) in [6.07, 6.45) is 3.78. The fraction of sp³-hybridized carbons (Fsp3) is 0.0625. The maximum atomic E-state index is 12.9. The molecule has 0 amide bonds. The van der Waals surface area contributed by atoms with Crippen molar-refractivity contribution in [1.29, 1.82) is 0 Å². The molecule has 0 saturated heterocycles. The predicted octanol–water partition coefficient (Wildman–Crippen LogP) is 4.39. The van der Waals surface area contributed by atoms with Crippen LogP contribution < -0.4 is 0 Å². The van der Waals surface area contributed by atoms with Crippen molar-refractivity contribution in [3.8, 4) is 11.1 Å². The number of nitrogens with zero attached hydrogens (tertiary/aromatic N) is 2. The lowest BCUT2D eigenvalue weighted by molar-refractivity contribution is 0.624. The van der Waals surface area contributed by atoms with Crippen LogP contribution in [0.1, 0.15) is 5.56 Å². The molecule has 1 aromatic heterocycles. The lowest BCUT2D eigenvalue weighted by Gasteiger charge is -2.01. The Morgan fingerprint density at radius 1 is 0.950 bits per heavy atom. The molecule has 0 saturated carbocycles. The Bertz CT molecular complexity index is 702. The minimum atomic E-state index is -0.226. The minimum Gasteiger partial charge on any atom is -0.268 e. The van der Waals surface area contributed by atoms with Crippen molar-refractivity contribution in [2.75, 3.05) is 0 Å². The zero-order chi connectivity index (χ0) is 13.9. The van der Waals surface area contributed by atoms with Crippen LogP contribution in [0.25, 0.3) is 11.1 Å². The van der Waals surface area contributed by atoms with E-state index in [-0.39, 0.29) is 5.82 Å². The third kappa shape index (κ3) is 2.89. The molecule has 0 bridgehead atoms. The topological polar surface area (TPSA) is 17.8 Å². The van der Waals surface area contributed by atoms with Crippen molar-refractivity contribution in [1.82, 2.24) is 9.78 Å². The number of aromatic nitrogens is 2. The van der Waals surface area contributed by atoms with E-state index < -0.39 is 0 Å². The summed E-state index contributed by atoms with van der Waals surface area (Å²) in [6, 6.07) is 14.1. The van der Waals surface area contributed by atoms with Crippen LogP contribution in [-0.2, 0) is 6.54 Å². The number of hydrogen-bond donors (Lipinski definition) is 0. The zero-order valence-electron chi connectivity index (χ0n) is 10.6. The molecule has 0 aliphatic carbocycles. The van der Waals surface area contributed by atoms with Gasteiger partial charge in [0.05, 0.1) is 12.7 Å². The van der Waals surface area contributed by atoms with Gasteiger partial charge in [-0.2, -0.15) is 5.10 Å². The van der Waals surface area contributed by atoms with Gasteiger partial charge in [0.25, 0.3) is 0 Å². The van der Waals surface area contributed by atoms with E-state index in [0.29, 0.717) is 11.6 Å². The van der Waals surface area contributed by atoms with Gasteiger partial charge in [0.2, 0.25) is 0 Å². The number of halogens is 2. The second-order valence-corrected chi connectivity index (χ2v) is 5.00. The Balaban J connectivity index is 1.80. The molecule has 0 atom stereocenters. The van der Waals surface area contributed by atoms with E-state index in [2.05, 4.69) is 5.10 Å². The predicted molar refractivity (Wildman–Crippen MR) is 78.2 cm³/mol. The second-order valence-electron chi connectivity index (χ2n) is 4.56. The van der Waals surface area contributed by atoms with Crippen LogP contribution in [0.3, 0.4) is 0 Å². The molecule has 0 fully saturated rings. The first-order valence-electron chi connectivity index (χ1n) is 6.23. The zero-order valence-corrected chi connectivity index (χ0v) is 11.4. The summed E-state index contributed by atoms with van der Waals surface area (Å²) in [5, 5.41) is 5.04. The summed E-state index contributed by atoms with van der Waals surface area (Å²) in [4.78, 5) is 0. The van der Waals surface area contributed by atoms with Gasteiger partial charge in [-0.05, 0) is 35.4 Å². The summed E-state index contributed by atoms with van der Waals surface area (Å²) < 4.78 is 14.7. The molecular weight excluding hydrogens is 275 g/mol. The van der Waals surface area contributed by atoms with Crippen LogP contribution in [0.15, 0.2) is 60.9 Å². The van der Waals surface area contributed by atoms with Gasteiger partial charge in [-0.15, -0.1) is 0 Å². The Morgan fingerprint density at radius 3 is 2.35 bits per heavy atom. The molecule has 2 nitrogen and oxygen atoms in total. The normalized spacial score (nSPS) is 10.7. The van der Waals surface area contributed by atoms with E-state index in [0.717, 1.165) is 16.7 Å². The van der Waals surface area contributed by atoms with E-state index in [4.69, 9.17) is 11.6 Å². The first-order valence-corrected chi connectivity index (χ1v) is 6.61. The van der Waals surface area contributed by atoms with Gasteiger partial charge in [0, 0.05) is 16.8 Å². The maximum Gasteiger partial charge on any atom is 0.123 e. The Hall–Kier alpha value is -2.13. The van der Waals surface area contributed by atoms with Gasteiger partial charge in [0.1, 0.15) is 5.82 Å². The molecule has 3 rings (SSSR count). The fourth-order valence-electron chi connectivity index (χ4n) is 2.02. The third-order valence-corrected chi connectivity index (χ3v) is 3.32. The Morgan fingerprint density at radius 2 is 1.65 bits per heavy atom. The highest BCUT2D eigenvalue weighted by molar-refractivity contribution is 6.30. The molecule has 3 aromatic rings. The standard InChI is InChI=1S/C16H12ClFN2/c17-15-5-3-13(4-6-15)14-9-19-20(11-14)10-12-1-7-16(18)8-2-12/h1-9,11H,10H2. The highest BCUT2D eigenvalue weighted by Crippen LogP contribution is 2.21. The Kier molecular flexibility index (Phi) is 3.52. The molecule has 20 heavy (non-hydrogen) atoms. The van der Waals surface area contributed by atoms with Crippen molar-refractivity contribution >= 4 is 11.6 Å². The van der Waals surface area contributed by atoms with Crippen molar-refractivity contribution in [2.45, 2.75) is 6.54 Å². The van der Waals surface area contributed by atoms with Gasteiger partial charge in [-0.1, -0.05) is 35.9 Å². The molecule has 0 radical (unpaired) electrons. The smallest absolute Gasteiger partial charge is 0.123 e. The van der Waals surface area contributed by atoms with Gasteiger partial charge in [-0.25, -0.2) is 4.39 Å². The molecule has 0 aliphatic rings. The van der Waals surface area contributed by atoms with Crippen molar-refractivity contribution in [3.63, 3.8) is 0 Å². The quantitative estimate of drug-likeness (QED) is 0.698. The average molecular weight is 287 g/mol. The van der Waals surface area contributed by atoms with Crippen LogP contribution in [0.2, 0.25) is 5.02 Å². The molecule has 0 spiro atoms. The number of hydrogen-bond acceptors (Lipinski definition) is 1. The van der Waals surface area contributed by atoms with E-state index in [9.17, 15) is 4.39 Å². The first-order chi connectivity index (χ1) is 9.70. The summed E-state index contributed by atoms with van der Waals surface area (Å²) in [5.41, 5.74) is 3.11. The summed E-state index contributed by atoms with van der Waals surface area (Å²) in [7, 11) is 0. The van der Waals surface area contributed by atoms with Crippen molar-refractivity contribution in [2.24, 2.45) is 0 Å². The molecule has 1 heterocycles. The van der Waals surface area contributed by atoms with E-state index >= 15 is 0 Å². The fourth-order valence-corrected chi connectivity index (χ4v) is 2.14. The number of rotatable bonds is 3. The van der Waals surface area contributed by atoms with Gasteiger partial charge in [-0.3, -0.25) is 4.68 Å². The monoisotopic (exact) mass is 286 g/mol. The van der Waals surface area contributed by atoms with Crippen LogP contribution >= 0.6 is 11.6 Å². The second kappa shape index (κ2) is 5.47. The molecule has 0 aliphatic heterocycles. The van der Waals surface area contributed by atoms with E-state index in [1.165, 1.54) is 12.1 Å². The van der Waals surface area contributed by atoms with Crippen molar-refractivity contribution in [3.05, 3.63) is 77.3 Å². The average Bonchev–Trinajstić information content (AvgIpc) is 2.91. The number of benzene rings is 2. The summed E-state index contributed by atoms with van der Waals surface area (Å²) in [5.74, 6) is -0.226. The molecular formula is C16H12ClFN2. The lowest BCUT2D eigenvalue weighted by atomic mass is 10.1. The maximum absolute atomic E-state index is 12.9. The summed E-state index contributed by atoms with van der Waals surface area (Å²) in [6.45, 7) is 0.619. The van der Waals surface area contributed by atoms with Gasteiger partial charge in [0.15, 0.2) is 0 Å². The van der Waals surface area contributed by atoms with E-state index in [1.807, 2.05) is 41.3 Å². The third-order valence-electron chi connectivity index (χ3n) is 3.07. The van der Waals surface area contributed by atoms with Crippen LogP contribution in [0.5, 0.6) is 0 Å². The summed E-state index contributed by atoms with van der Waals surface area (Å²) >= 11 is 5.87. The molecule has 0 N–H and O–H groups in total. The SMILES string of the molecule is Fc1ccc(Cn2cc(-c3ccc(Cl)cc3)cn2)cc1. The molecule has 4 heteroatoms. The van der Waals surface area contributed by atoms with Gasteiger partial charge >= 0.3 is 0 Å². The molecule has 100 valence electrons. The first kappa shape index (κ1) is 12.9. The molecule has 2 aromatic carbocycles. The van der Waals surface area contributed by atoms with E-state index in [1.54, 1.807) is 12.1 Å². The molecule has 0 unspecified atom stereocenters. The van der Waals surface area contributed by atoms with Crippen LogP contribution in [0, 0.1) is 5.82 Å². The Labute approximate surface area is 121 Å². The highest BCUT2D eigenvalue weighted by atomic mass is 35.5. The van der Waals surface area contributed by atoms with Gasteiger partial charge < -0.3 is 0 Å². The van der Waals surface area contributed by atoms with Crippen molar-refractivity contribution < 1.29 is 4.39 Å². The lowest BCUT2D eigenvalue weighted by Crippen LogP contribution is -1.99. The van der Waals surface area contributed by atoms with Crippen LogP contribution in [-0.4, -0.2) is 9.78 Å². The largest absolute Gasteiger partial charge is 0.268 e. The van der Waals surface area contributed by atoms with Crippen LogP contribution in [0.4, 0.5) is 4.39 Å².